The Morgan fingerprint density at radius 2 is 1.86 bits per heavy atom. The van der Waals surface area contributed by atoms with E-state index in [9.17, 15) is 13.2 Å². The minimum Gasteiger partial charge on any atom is -0.411 e. The van der Waals surface area contributed by atoms with Crippen molar-refractivity contribution in [2.75, 3.05) is 5.75 Å². The predicted molar refractivity (Wildman–Crippen MR) is 84.8 cm³/mol. The van der Waals surface area contributed by atoms with Crippen molar-refractivity contribution in [3.63, 3.8) is 0 Å². The first-order valence-electron chi connectivity index (χ1n) is 5.77. The average Bonchev–Trinajstić information content (AvgIpc) is 2.78. The fourth-order valence-corrected chi connectivity index (χ4v) is 3.94. The number of hydrogen-bond donors (Lipinski definition) is 1. The van der Waals surface area contributed by atoms with Gasteiger partial charge in [-0.05, 0) is 30.3 Å². The van der Waals surface area contributed by atoms with Crippen molar-refractivity contribution < 1.29 is 18.4 Å². The molecule has 0 bridgehead atoms. The molecule has 2 aromatic rings. The second-order valence-electron chi connectivity index (χ2n) is 4.10. The Balaban J connectivity index is 2.07. The largest absolute Gasteiger partial charge is 0.416 e. The highest BCUT2D eigenvalue weighted by atomic mass is 35.5. The van der Waals surface area contributed by atoms with Crippen molar-refractivity contribution >= 4 is 52.0 Å². The third kappa shape index (κ3) is 4.32. The van der Waals surface area contributed by atoms with Crippen molar-refractivity contribution in [3.8, 4) is 0 Å². The molecule has 2 nitrogen and oxygen atoms in total. The van der Waals surface area contributed by atoms with E-state index in [1.165, 1.54) is 23.9 Å². The average molecular weight is 386 g/mol. The van der Waals surface area contributed by atoms with Gasteiger partial charge in [-0.1, -0.05) is 28.4 Å². The molecule has 1 aromatic carbocycles. The maximum Gasteiger partial charge on any atom is 0.416 e. The van der Waals surface area contributed by atoms with Crippen LogP contribution in [0.1, 0.15) is 11.1 Å². The van der Waals surface area contributed by atoms with Crippen LogP contribution in [0, 0.1) is 0 Å². The fraction of sp³-hybridized carbons (Fsp3) is 0.154. The number of halogens is 5. The lowest BCUT2D eigenvalue weighted by molar-refractivity contribution is -0.137. The van der Waals surface area contributed by atoms with Gasteiger partial charge in [0, 0.05) is 16.2 Å². The molecule has 0 amide bonds. The summed E-state index contributed by atoms with van der Waals surface area (Å²) in [4.78, 5) is 0.617. The lowest BCUT2D eigenvalue weighted by Crippen LogP contribution is -2.05. The van der Waals surface area contributed by atoms with E-state index in [4.69, 9.17) is 28.4 Å². The minimum atomic E-state index is -4.36. The molecular formula is C13H8Cl2F3NOS2. The normalized spacial score (nSPS) is 12.7. The summed E-state index contributed by atoms with van der Waals surface area (Å²) < 4.78 is 38.3. The summed E-state index contributed by atoms with van der Waals surface area (Å²) in [7, 11) is 0. The van der Waals surface area contributed by atoms with Crippen LogP contribution in [0.2, 0.25) is 8.67 Å². The van der Waals surface area contributed by atoms with Gasteiger partial charge in [0.25, 0.3) is 0 Å². The van der Waals surface area contributed by atoms with Gasteiger partial charge >= 0.3 is 6.18 Å². The molecule has 0 radical (unpaired) electrons. The maximum atomic E-state index is 12.5. The molecule has 2 rings (SSSR count). The van der Waals surface area contributed by atoms with E-state index in [-0.39, 0.29) is 5.75 Å². The van der Waals surface area contributed by atoms with Crippen molar-refractivity contribution in [2.24, 2.45) is 5.16 Å². The highest BCUT2D eigenvalue weighted by Gasteiger charge is 2.29. The van der Waals surface area contributed by atoms with Crippen LogP contribution >= 0.6 is 46.3 Å². The standard InChI is InChI=1S/C13H8Cl2F3NOS2/c14-11-5-9(12(15)22-11)10(19-20)6-21-8-3-1-7(2-4-8)13(16,17)18/h1-5,20H,6H2/b19-10+. The summed E-state index contributed by atoms with van der Waals surface area (Å²) in [6, 6.07) is 6.32. The lowest BCUT2D eigenvalue weighted by Gasteiger charge is -2.08. The molecule has 0 spiro atoms. The molecule has 9 heteroatoms. The Hall–Kier alpha value is -0.890. The number of hydrogen-bond acceptors (Lipinski definition) is 4. The molecule has 0 unspecified atom stereocenters. The maximum absolute atomic E-state index is 12.5. The summed E-state index contributed by atoms with van der Waals surface area (Å²) in [5.74, 6) is 0.245. The molecule has 1 heterocycles. The SMILES string of the molecule is O/N=C(\CSc1ccc(C(F)(F)F)cc1)c1cc(Cl)sc1Cl. The van der Waals surface area contributed by atoms with Crippen molar-refractivity contribution in [2.45, 2.75) is 11.1 Å². The zero-order valence-corrected chi connectivity index (χ0v) is 13.8. The van der Waals surface area contributed by atoms with Crippen molar-refractivity contribution in [1.82, 2.24) is 0 Å². The van der Waals surface area contributed by atoms with E-state index < -0.39 is 11.7 Å². The molecule has 0 aliphatic carbocycles. The Kier molecular flexibility index (Phi) is 5.65. The molecule has 0 aliphatic heterocycles. The predicted octanol–water partition coefficient (Wildman–Crippen LogP) is 6.04. The Bertz CT molecular complexity index is 684. The number of thioether (sulfide) groups is 1. The van der Waals surface area contributed by atoms with Crippen LogP contribution in [0.15, 0.2) is 40.4 Å². The number of nitrogens with zero attached hydrogens (tertiary/aromatic N) is 1. The molecule has 0 saturated carbocycles. The number of alkyl halides is 3. The van der Waals surface area contributed by atoms with Crippen LogP contribution in [0.4, 0.5) is 13.2 Å². The van der Waals surface area contributed by atoms with Crippen molar-refractivity contribution in [3.05, 3.63) is 50.1 Å². The topological polar surface area (TPSA) is 32.6 Å². The van der Waals surface area contributed by atoms with Crippen LogP contribution in [0.3, 0.4) is 0 Å². The van der Waals surface area contributed by atoms with Crippen molar-refractivity contribution in [1.29, 1.82) is 0 Å². The molecule has 118 valence electrons. The van der Waals surface area contributed by atoms with Gasteiger partial charge in [0.2, 0.25) is 0 Å². The number of oxime groups is 1. The third-order valence-electron chi connectivity index (χ3n) is 2.65. The summed E-state index contributed by atoms with van der Waals surface area (Å²) >= 11 is 14.2. The summed E-state index contributed by atoms with van der Waals surface area (Å²) in [5.41, 5.74) is 0.109. The highest BCUT2D eigenvalue weighted by Crippen LogP contribution is 2.34. The Labute approximate surface area is 142 Å². The summed E-state index contributed by atoms with van der Waals surface area (Å²) in [6.45, 7) is 0. The molecule has 0 fully saturated rings. The first kappa shape index (κ1) is 17.5. The van der Waals surface area contributed by atoms with E-state index in [2.05, 4.69) is 5.16 Å². The Morgan fingerprint density at radius 3 is 2.32 bits per heavy atom. The lowest BCUT2D eigenvalue weighted by atomic mass is 10.2. The van der Waals surface area contributed by atoms with E-state index in [0.29, 0.717) is 24.8 Å². The van der Waals surface area contributed by atoms with Gasteiger partial charge in [-0.2, -0.15) is 13.2 Å². The second kappa shape index (κ2) is 7.12. The van der Waals surface area contributed by atoms with Gasteiger partial charge in [-0.25, -0.2) is 0 Å². The smallest absolute Gasteiger partial charge is 0.411 e. The molecular weight excluding hydrogens is 378 g/mol. The van der Waals surface area contributed by atoms with Crippen LogP contribution < -0.4 is 0 Å². The minimum absolute atomic E-state index is 0.245. The monoisotopic (exact) mass is 385 g/mol. The number of rotatable bonds is 4. The van der Waals surface area contributed by atoms with E-state index >= 15 is 0 Å². The van der Waals surface area contributed by atoms with Gasteiger partial charge in [0.05, 0.1) is 15.6 Å². The van der Waals surface area contributed by atoms with Gasteiger partial charge in [0.1, 0.15) is 4.34 Å². The highest BCUT2D eigenvalue weighted by molar-refractivity contribution is 8.00. The molecule has 0 aliphatic rings. The second-order valence-corrected chi connectivity index (χ2v) is 7.43. The third-order valence-corrected chi connectivity index (χ3v) is 5.16. The first-order valence-corrected chi connectivity index (χ1v) is 8.33. The van der Waals surface area contributed by atoms with Crippen LogP contribution in [0.5, 0.6) is 0 Å². The first-order chi connectivity index (χ1) is 10.3. The molecule has 1 N–H and O–H groups in total. The zero-order chi connectivity index (χ0) is 16.3. The van der Waals surface area contributed by atoms with Crippen LogP contribution in [-0.2, 0) is 6.18 Å². The summed E-state index contributed by atoms with van der Waals surface area (Å²) in [6.07, 6.45) is -4.36. The van der Waals surface area contributed by atoms with Crippen LogP contribution in [-0.4, -0.2) is 16.7 Å². The fourth-order valence-electron chi connectivity index (χ4n) is 1.59. The quantitative estimate of drug-likeness (QED) is 0.301. The Morgan fingerprint density at radius 1 is 1.23 bits per heavy atom. The van der Waals surface area contributed by atoms with Gasteiger partial charge in [-0.15, -0.1) is 23.1 Å². The molecule has 0 atom stereocenters. The van der Waals surface area contributed by atoms with E-state index in [1.54, 1.807) is 6.07 Å². The van der Waals surface area contributed by atoms with Crippen LogP contribution in [0.25, 0.3) is 0 Å². The zero-order valence-electron chi connectivity index (χ0n) is 10.7. The molecule has 22 heavy (non-hydrogen) atoms. The van der Waals surface area contributed by atoms with E-state index in [0.717, 1.165) is 23.5 Å². The van der Waals surface area contributed by atoms with Gasteiger partial charge < -0.3 is 5.21 Å². The molecule has 0 saturated heterocycles. The number of benzene rings is 1. The van der Waals surface area contributed by atoms with Gasteiger partial charge in [0.15, 0.2) is 0 Å². The summed E-state index contributed by atoms with van der Waals surface area (Å²) in [5, 5.41) is 12.3. The van der Waals surface area contributed by atoms with Gasteiger partial charge in [-0.3, -0.25) is 0 Å². The molecule has 1 aromatic heterocycles. The number of thiophene rings is 1. The van der Waals surface area contributed by atoms with E-state index in [1.807, 2.05) is 0 Å².